The van der Waals surface area contributed by atoms with Crippen molar-refractivity contribution in [1.29, 1.82) is 0 Å². The molecule has 0 bridgehead atoms. The van der Waals surface area contributed by atoms with Crippen LogP contribution in [0.5, 0.6) is 0 Å². The molecular weight excluding hydrogens is 306 g/mol. The lowest BCUT2D eigenvalue weighted by atomic mass is 10.2. The molecule has 1 amide bonds. The minimum atomic E-state index is -3.48. The number of rotatable bonds is 10. The van der Waals surface area contributed by atoms with Crippen molar-refractivity contribution < 1.29 is 17.9 Å². The summed E-state index contributed by atoms with van der Waals surface area (Å²) in [4.78, 5) is 14.1. The number of ether oxygens (including phenoxy) is 1. The van der Waals surface area contributed by atoms with Crippen molar-refractivity contribution in [1.82, 2.24) is 14.9 Å². The van der Waals surface area contributed by atoms with Crippen molar-refractivity contribution >= 4 is 15.9 Å². The second kappa shape index (κ2) is 9.44. The molecule has 2 N–H and O–H groups in total. The summed E-state index contributed by atoms with van der Waals surface area (Å²) in [6, 6.07) is 0.168. The van der Waals surface area contributed by atoms with Gasteiger partial charge in [-0.15, -0.1) is 0 Å². The average molecular weight is 335 g/mol. The van der Waals surface area contributed by atoms with Gasteiger partial charge in [0.1, 0.15) is 0 Å². The lowest BCUT2D eigenvalue weighted by molar-refractivity contribution is -0.131. The van der Waals surface area contributed by atoms with Crippen molar-refractivity contribution in [3.63, 3.8) is 0 Å². The summed E-state index contributed by atoms with van der Waals surface area (Å²) in [7, 11) is -3.48. The predicted molar refractivity (Wildman–Crippen MR) is 86.2 cm³/mol. The number of nitrogens with zero attached hydrogens (tertiary/aromatic N) is 1. The first-order chi connectivity index (χ1) is 10.4. The van der Waals surface area contributed by atoms with Gasteiger partial charge in [0.15, 0.2) is 0 Å². The molecule has 1 aliphatic heterocycles. The number of hydrogen-bond donors (Lipinski definition) is 2. The zero-order valence-electron chi connectivity index (χ0n) is 13.8. The highest BCUT2D eigenvalue weighted by atomic mass is 32.2. The lowest BCUT2D eigenvalue weighted by Gasteiger charge is -2.28. The second-order valence-corrected chi connectivity index (χ2v) is 7.72. The van der Waals surface area contributed by atoms with Crippen molar-refractivity contribution in [2.75, 3.05) is 38.5 Å². The first-order valence-electron chi connectivity index (χ1n) is 7.95. The van der Waals surface area contributed by atoms with E-state index < -0.39 is 10.0 Å². The van der Waals surface area contributed by atoms with Crippen LogP contribution in [0.2, 0.25) is 0 Å². The van der Waals surface area contributed by atoms with E-state index in [1.807, 2.05) is 20.8 Å². The Hall–Kier alpha value is -0.700. The van der Waals surface area contributed by atoms with Gasteiger partial charge in [-0.25, -0.2) is 13.1 Å². The maximum Gasteiger partial charge on any atom is 0.237 e. The molecule has 0 radical (unpaired) electrons. The van der Waals surface area contributed by atoms with Crippen molar-refractivity contribution in [3.05, 3.63) is 0 Å². The topological polar surface area (TPSA) is 87.7 Å². The van der Waals surface area contributed by atoms with E-state index in [4.69, 9.17) is 4.74 Å². The predicted octanol–water partition coefficient (Wildman–Crippen LogP) is -0.0687. The van der Waals surface area contributed by atoms with Gasteiger partial charge in [0.05, 0.1) is 25.0 Å². The molecule has 8 heteroatoms. The SMILES string of the molecule is CCCN(C(=O)CNS(=O)(=O)CCOC(C)C)C1CCNC1. The Labute approximate surface area is 133 Å². The fourth-order valence-electron chi connectivity index (χ4n) is 2.40. The zero-order chi connectivity index (χ0) is 16.6. The van der Waals surface area contributed by atoms with Crippen molar-refractivity contribution in [2.45, 2.75) is 45.8 Å². The molecule has 22 heavy (non-hydrogen) atoms. The Kier molecular flexibility index (Phi) is 8.30. The third-order valence-corrected chi connectivity index (χ3v) is 4.79. The van der Waals surface area contributed by atoms with Gasteiger partial charge >= 0.3 is 0 Å². The molecule has 0 aliphatic carbocycles. The highest BCUT2D eigenvalue weighted by Crippen LogP contribution is 2.09. The molecule has 7 nitrogen and oxygen atoms in total. The van der Waals surface area contributed by atoms with Gasteiger partial charge in [-0.05, 0) is 33.2 Å². The van der Waals surface area contributed by atoms with Crippen LogP contribution >= 0.6 is 0 Å². The molecule has 0 aromatic carbocycles. The van der Waals surface area contributed by atoms with Crippen LogP contribution in [-0.2, 0) is 19.6 Å². The maximum atomic E-state index is 12.3. The standard InChI is InChI=1S/C14H29N3O4S/c1-4-7-17(13-5-6-15-10-13)14(18)11-16-22(19,20)9-8-21-12(2)3/h12-13,15-16H,4-11H2,1-3H3. The number of amides is 1. The first-order valence-corrected chi connectivity index (χ1v) is 9.60. The fourth-order valence-corrected chi connectivity index (χ4v) is 3.20. The minimum Gasteiger partial charge on any atom is -0.378 e. The van der Waals surface area contributed by atoms with Crippen LogP contribution in [0.25, 0.3) is 0 Å². The molecule has 1 saturated heterocycles. The normalized spacial score (nSPS) is 18.8. The van der Waals surface area contributed by atoms with E-state index in [9.17, 15) is 13.2 Å². The summed E-state index contributed by atoms with van der Waals surface area (Å²) in [6.45, 7) is 7.99. The number of carbonyl (C=O) groups excluding carboxylic acids is 1. The van der Waals surface area contributed by atoms with Crippen LogP contribution in [0, 0.1) is 0 Å². The van der Waals surface area contributed by atoms with Crippen LogP contribution in [-0.4, -0.2) is 69.9 Å². The molecule has 0 aromatic rings. The third kappa shape index (κ3) is 7.04. The van der Waals surface area contributed by atoms with E-state index in [1.54, 1.807) is 4.90 Å². The van der Waals surface area contributed by atoms with Gasteiger partial charge in [0, 0.05) is 19.1 Å². The van der Waals surface area contributed by atoms with Crippen LogP contribution < -0.4 is 10.0 Å². The lowest BCUT2D eigenvalue weighted by Crippen LogP contribution is -2.47. The highest BCUT2D eigenvalue weighted by Gasteiger charge is 2.26. The van der Waals surface area contributed by atoms with Crippen LogP contribution in [0.1, 0.15) is 33.6 Å². The van der Waals surface area contributed by atoms with Gasteiger partial charge < -0.3 is 15.0 Å². The Balaban J connectivity index is 2.44. The molecular formula is C14H29N3O4S. The first kappa shape index (κ1) is 19.3. The van der Waals surface area contributed by atoms with Crippen LogP contribution in [0.4, 0.5) is 0 Å². The minimum absolute atomic E-state index is 0.00764. The molecule has 1 heterocycles. The average Bonchev–Trinajstić information content (AvgIpc) is 2.95. The zero-order valence-corrected chi connectivity index (χ0v) is 14.6. The third-order valence-electron chi connectivity index (χ3n) is 3.51. The van der Waals surface area contributed by atoms with E-state index in [-0.39, 0.29) is 37.0 Å². The fraction of sp³-hybridized carbons (Fsp3) is 0.929. The Bertz CT molecular complexity index is 433. The van der Waals surface area contributed by atoms with Gasteiger partial charge in [-0.1, -0.05) is 6.92 Å². The molecule has 1 unspecified atom stereocenters. The number of hydrogen-bond acceptors (Lipinski definition) is 5. The van der Waals surface area contributed by atoms with Crippen molar-refractivity contribution in [3.8, 4) is 0 Å². The van der Waals surface area contributed by atoms with E-state index in [0.717, 1.165) is 25.9 Å². The summed E-state index contributed by atoms with van der Waals surface area (Å²) >= 11 is 0. The number of carbonyl (C=O) groups is 1. The van der Waals surface area contributed by atoms with Gasteiger partial charge in [0.2, 0.25) is 15.9 Å². The highest BCUT2D eigenvalue weighted by molar-refractivity contribution is 7.89. The molecule has 1 fully saturated rings. The second-order valence-electron chi connectivity index (χ2n) is 5.79. The van der Waals surface area contributed by atoms with Gasteiger partial charge in [0.25, 0.3) is 0 Å². The summed E-state index contributed by atoms with van der Waals surface area (Å²) in [5.41, 5.74) is 0. The summed E-state index contributed by atoms with van der Waals surface area (Å²) in [5, 5.41) is 3.23. The molecule has 0 saturated carbocycles. The molecule has 1 atom stereocenters. The Morgan fingerprint density at radius 1 is 1.45 bits per heavy atom. The monoisotopic (exact) mass is 335 g/mol. The number of sulfonamides is 1. The van der Waals surface area contributed by atoms with Crippen LogP contribution in [0.3, 0.4) is 0 Å². The molecule has 0 aromatic heterocycles. The van der Waals surface area contributed by atoms with Gasteiger partial charge in [-0.2, -0.15) is 0 Å². The molecule has 130 valence electrons. The van der Waals surface area contributed by atoms with Crippen molar-refractivity contribution in [2.24, 2.45) is 0 Å². The summed E-state index contributed by atoms with van der Waals surface area (Å²) in [5.74, 6) is -0.291. The smallest absolute Gasteiger partial charge is 0.237 e. The summed E-state index contributed by atoms with van der Waals surface area (Å²) in [6.07, 6.45) is 1.77. The number of nitrogens with one attached hydrogen (secondary N) is 2. The molecule has 0 spiro atoms. The Morgan fingerprint density at radius 2 is 2.18 bits per heavy atom. The maximum absolute atomic E-state index is 12.3. The van der Waals surface area contributed by atoms with E-state index in [2.05, 4.69) is 10.0 Å². The van der Waals surface area contributed by atoms with Gasteiger partial charge in [-0.3, -0.25) is 4.79 Å². The summed E-state index contributed by atoms with van der Waals surface area (Å²) < 4.78 is 31.3. The van der Waals surface area contributed by atoms with E-state index in [1.165, 1.54) is 0 Å². The molecule has 1 rings (SSSR count). The Morgan fingerprint density at radius 3 is 2.73 bits per heavy atom. The quantitative estimate of drug-likeness (QED) is 0.584. The van der Waals surface area contributed by atoms with E-state index >= 15 is 0 Å². The van der Waals surface area contributed by atoms with E-state index in [0.29, 0.717) is 6.54 Å². The van der Waals surface area contributed by atoms with Crippen LogP contribution in [0.15, 0.2) is 0 Å². The largest absolute Gasteiger partial charge is 0.378 e. The molecule has 1 aliphatic rings.